The van der Waals surface area contributed by atoms with Crippen molar-refractivity contribution in [2.24, 2.45) is 11.1 Å². The molecule has 118 valence electrons. The molecule has 0 aromatic heterocycles. The van der Waals surface area contributed by atoms with E-state index in [9.17, 15) is 18.0 Å². The number of carbonyl (C=O) groups excluding carboxylic acids is 1. The molecular weight excluding hydrogens is 281 g/mol. The number of hydrogen-bond acceptors (Lipinski definition) is 2. The largest absolute Gasteiger partial charge is 0.329 e. The van der Waals surface area contributed by atoms with E-state index in [1.807, 2.05) is 13.8 Å². The van der Waals surface area contributed by atoms with Gasteiger partial charge in [0.25, 0.3) is 0 Å². The molecule has 0 saturated heterocycles. The van der Waals surface area contributed by atoms with E-state index in [2.05, 4.69) is 5.32 Å². The maximum Gasteiger partial charge on any atom is 0.232 e. The molecule has 0 aliphatic heterocycles. The molecule has 0 bridgehead atoms. The standard InChI is InChI=1S/C15H21F3N2O/c1-3-5-15(9-19,6-4-2)14(21)20-13-11(17)7-10(16)8-12(13)18/h7-8H,3-6,9,19H2,1-2H3,(H,20,21). The van der Waals surface area contributed by atoms with E-state index >= 15 is 0 Å². The van der Waals surface area contributed by atoms with E-state index in [0.29, 0.717) is 25.0 Å². The molecule has 0 aliphatic rings. The van der Waals surface area contributed by atoms with Crippen molar-refractivity contribution >= 4 is 11.6 Å². The Hall–Kier alpha value is -1.56. The minimum atomic E-state index is -1.14. The van der Waals surface area contributed by atoms with E-state index < -0.39 is 34.5 Å². The summed E-state index contributed by atoms with van der Waals surface area (Å²) in [5.74, 6) is -3.84. The molecule has 1 amide bonds. The van der Waals surface area contributed by atoms with Crippen molar-refractivity contribution in [3.8, 4) is 0 Å². The first-order valence-electron chi connectivity index (χ1n) is 7.06. The van der Waals surface area contributed by atoms with Gasteiger partial charge in [0.1, 0.15) is 11.5 Å². The van der Waals surface area contributed by atoms with Crippen LogP contribution in [0.15, 0.2) is 12.1 Å². The van der Waals surface area contributed by atoms with Crippen molar-refractivity contribution in [3.05, 3.63) is 29.6 Å². The van der Waals surface area contributed by atoms with E-state index in [1.54, 1.807) is 0 Å². The van der Waals surface area contributed by atoms with Crippen LogP contribution in [0.2, 0.25) is 0 Å². The quantitative estimate of drug-likeness (QED) is 0.808. The lowest BCUT2D eigenvalue weighted by Gasteiger charge is -2.30. The van der Waals surface area contributed by atoms with Crippen molar-refractivity contribution in [3.63, 3.8) is 0 Å². The summed E-state index contributed by atoms with van der Waals surface area (Å²) in [6, 6.07) is 1.06. The van der Waals surface area contributed by atoms with Gasteiger partial charge in [-0.15, -0.1) is 0 Å². The monoisotopic (exact) mass is 302 g/mol. The van der Waals surface area contributed by atoms with Gasteiger partial charge in [0.05, 0.1) is 5.41 Å². The van der Waals surface area contributed by atoms with Crippen molar-refractivity contribution in [2.45, 2.75) is 39.5 Å². The normalized spacial score (nSPS) is 11.5. The van der Waals surface area contributed by atoms with Crippen molar-refractivity contribution in [2.75, 3.05) is 11.9 Å². The lowest BCUT2D eigenvalue weighted by Crippen LogP contribution is -2.42. The highest BCUT2D eigenvalue weighted by molar-refractivity contribution is 5.95. The van der Waals surface area contributed by atoms with E-state index in [4.69, 9.17) is 5.73 Å². The summed E-state index contributed by atoms with van der Waals surface area (Å²) in [4.78, 5) is 12.4. The topological polar surface area (TPSA) is 55.1 Å². The molecule has 1 aromatic carbocycles. The molecule has 0 fully saturated rings. The van der Waals surface area contributed by atoms with Gasteiger partial charge in [0.15, 0.2) is 11.6 Å². The number of rotatable bonds is 7. The van der Waals surface area contributed by atoms with Crippen LogP contribution in [0.5, 0.6) is 0 Å². The van der Waals surface area contributed by atoms with Crippen LogP contribution >= 0.6 is 0 Å². The van der Waals surface area contributed by atoms with Gasteiger partial charge < -0.3 is 11.1 Å². The molecule has 21 heavy (non-hydrogen) atoms. The Labute approximate surface area is 122 Å². The van der Waals surface area contributed by atoms with E-state index in [0.717, 1.165) is 12.8 Å². The minimum Gasteiger partial charge on any atom is -0.329 e. The predicted octanol–water partition coefficient (Wildman–Crippen LogP) is 3.59. The summed E-state index contributed by atoms with van der Waals surface area (Å²) in [5.41, 5.74) is 4.23. The second-order valence-electron chi connectivity index (χ2n) is 5.18. The molecular formula is C15H21F3N2O. The van der Waals surface area contributed by atoms with Crippen molar-refractivity contribution < 1.29 is 18.0 Å². The lowest BCUT2D eigenvalue weighted by atomic mass is 9.78. The number of nitrogens with two attached hydrogens (primary N) is 1. The molecule has 1 aromatic rings. The van der Waals surface area contributed by atoms with Gasteiger partial charge >= 0.3 is 0 Å². The Balaban J connectivity index is 3.07. The highest BCUT2D eigenvalue weighted by Crippen LogP contribution is 2.31. The SMILES string of the molecule is CCCC(CN)(CCC)C(=O)Nc1c(F)cc(F)cc1F. The molecule has 0 saturated carbocycles. The third-order valence-corrected chi connectivity index (χ3v) is 3.57. The fourth-order valence-electron chi connectivity index (χ4n) is 2.51. The number of nitrogens with one attached hydrogen (secondary N) is 1. The Morgan fingerprint density at radius 1 is 1.14 bits per heavy atom. The van der Waals surface area contributed by atoms with Gasteiger partial charge in [-0.2, -0.15) is 0 Å². The third-order valence-electron chi connectivity index (χ3n) is 3.57. The Morgan fingerprint density at radius 3 is 2.00 bits per heavy atom. The van der Waals surface area contributed by atoms with Crippen LogP contribution in [0.25, 0.3) is 0 Å². The zero-order chi connectivity index (χ0) is 16.0. The second kappa shape index (κ2) is 7.45. The van der Waals surface area contributed by atoms with Crippen LogP contribution in [0.1, 0.15) is 39.5 Å². The molecule has 1 rings (SSSR count). The van der Waals surface area contributed by atoms with Gasteiger partial charge in [-0.1, -0.05) is 26.7 Å². The first-order valence-corrected chi connectivity index (χ1v) is 7.06. The number of amides is 1. The number of halogens is 3. The zero-order valence-corrected chi connectivity index (χ0v) is 12.3. The van der Waals surface area contributed by atoms with Crippen LogP contribution in [0, 0.1) is 22.9 Å². The summed E-state index contributed by atoms with van der Waals surface area (Å²) in [7, 11) is 0. The van der Waals surface area contributed by atoms with Crippen LogP contribution in [-0.2, 0) is 4.79 Å². The fourth-order valence-corrected chi connectivity index (χ4v) is 2.51. The van der Waals surface area contributed by atoms with E-state index in [1.165, 1.54) is 0 Å². The molecule has 3 nitrogen and oxygen atoms in total. The average molecular weight is 302 g/mol. The summed E-state index contributed by atoms with van der Waals surface area (Å²) in [5, 5.41) is 2.23. The molecule has 0 unspecified atom stereocenters. The van der Waals surface area contributed by atoms with Gasteiger partial charge in [-0.3, -0.25) is 4.79 Å². The molecule has 0 aliphatic carbocycles. The summed E-state index contributed by atoms with van der Waals surface area (Å²) in [6.45, 7) is 3.91. The Bertz CT molecular complexity index is 477. The minimum absolute atomic E-state index is 0.0882. The first-order chi connectivity index (χ1) is 9.90. The molecule has 0 spiro atoms. The van der Waals surface area contributed by atoms with Gasteiger partial charge in [-0.05, 0) is 12.8 Å². The third kappa shape index (κ3) is 3.97. The second-order valence-corrected chi connectivity index (χ2v) is 5.18. The van der Waals surface area contributed by atoms with Gasteiger partial charge in [0, 0.05) is 18.7 Å². The van der Waals surface area contributed by atoms with Crippen LogP contribution in [0.4, 0.5) is 18.9 Å². The van der Waals surface area contributed by atoms with Crippen molar-refractivity contribution in [1.82, 2.24) is 0 Å². The number of anilines is 1. The molecule has 6 heteroatoms. The highest BCUT2D eigenvalue weighted by atomic mass is 19.1. The fraction of sp³-hybridized carbons (Fsp3) is 0.533. The van der Waals surface area contributed by atoms with Gasteiger partial charge in [0.2, 0.25) is 5.91 Å². The average Bonchev–Trinajstić information content (AvgIpc) is 2.42. The maximum atomic E-state index is 13.6. The van der Waals surface area contributed by atoms with E-state index in [-0.39, 0.29) is 6.54 Å². The number of hydrogen-bond donors (Lipinski definition) is 2. The Morgan fingerprint density at radius 2 is 1.62 bits per heavy atom. The summed E-state index contributed by atoms with van der Waals surface area (Å²) >= 11 is 0. The Kier molecular flexibility index (Phi) is 6.20. The summed E-state index contributed by atoms with van der Waals surface area (Å²) < 4.78 is 40.1. The molecule has 0 atom stereocenters. The number of benzene rings is 1. The summed E-state index contributed by atoms with van der Waals surface area (Å²) in [6.07, 6.45) is 2.49. The van der Waals surface area contributed by atoms with Crippen LogP contribution in [0.3, 0.4) is 0 Å². The van der Waals surface area contributed by atoms with Gasteiger partial charge in [-0.25, -0.2) is 13.2 Å². The smallest absolute Gasteiger partial charge is 0.232 e. The van der Waals surface area contributed by atoms with Crippen LogP contribution < -0.4 is 11.1 Å². The zero-order valence-electron chi connectivity index (χ0n) is 12.3. The highest BCUT2D eigenvalue weighted by Gasteiger charge is 2.36. The molecule has 0 radical (unpaired) electrons. The predicted molar refractivity (Wildman–Crippen MR) is 76.2 cm³/mol. The van der Waals surface area contributed by atoms with Crippen molar-refractivity contribution in [1.29, 1.82) is 0 Å². The van der Waals surface area contributed by atoms with Crippen LogP contribution in [-0.4, -0.2) is 12.5 Å². The molecule has 0 heterocycles. The lowest BCUT2D eigenvalue weighted by molar-refractivity contribution is -0.126. The molecule has 3 N–H and O–H groups in total. The number of carbonyl (C=O) groups is 1. The maximum absolute atomic E-state index is 13.6. The first kappa shape index (κ1) is 17.5.